The third-order valence-electron chi connectivity index (χ3n) is 3.26. The Balaban J connectivity index is 2.25. The van der Waals surface area contributed by atoms with E-state index in [9.17, 15) is 4.79 Å². The lowest BCUT2D eigenvalue weighted by atomic mass is 10.1. The van der Waals surface area contributed by atoms with Crippen LogP contribution in [0.2, 0.25) is 0 Å². The second-order valence-electron chi connectivity index (χ2n) is 4.99. The number of nitrogens with two attached hydrogens (primary N) is 1. The average Bonchev–Trinajstić information content (AvgIpc) is 2.88. The van der Waals surface area contributed by atoms with Crippen LogP contribution in [0.4, 0.5) is 16.6 Å². The van der Waals surface area contributed by atoms with E-state index in [0.717, 1.165) is 17.2 Å². The lowest BCUT2D eigenvalue weighted by molar-refractivity contribution is 0.0997. The van der Waals surface area contributed by atoms with Crippen LogP contribution in [0.1, 0.15) is 22.2 Å². The number of aryl methyl sites for hydroxylation is 1. The number of anilines is 3. The summed E-state index contributed by atoms with van der Waals surface area (Å²) >= 11 is 1.30. The quantitative estimate of drug-likeness (QED) is 0.943. The Bertz CT molecular complexity index is 634. The number of aromatic nitrogens is 1. The first-order valence-corrected chi connectivity index (χ1v) is 7.56. The molecule has 0 saturated carbocycles. The second-order valence-corrected chi connectivity index (χ2v) is 5.97. The molecule has 2 rings (SSSR count). The van der Waals surface area contributed by atoms with Crippen LogP contribution in [0.15, 0.2) is 24.3 Å². The first-order valence-electron chi connectivity index (χ1n) is 6.74. The minimum Gasteiger partial charge on any atom is -0.382 e. The molecule has 0 aliphatic heterocycles. The Kier molecular flexibility index (Phi) is 4.47. The topological polar surface area (TPSA) is 62.5 Å². The summed E-state index contributed by atoms with van der Waals surface area (Å²) in [7, 11) is 5.50. The fraction of sp³-hybridized carbons (Fsp3) is 0.333. The standard InChI is InChI=1S/C15H20N4OS/c1-5-10-6-8-11(9-7-10)19(4)14(20)12-13(16)17-15(21-12)18(2)3/h6-9H,5,16H2,1-4H3. The number of nitrogens with zero attached hydrogens (tertiary/aromatic N) is 3. The highest BCUT2D eigenvalue weighted by molar-refractivity contribution is 7.18. The predicted octanol–water partition coefficient (Wildman–Crippen LogP) is 2.63. The Morgan fingerprint density at radius 2 is 1.86 bits per heavy atom. The van der Waals surface area contributed by atoms with Crippen molar-refractivity contribution >= 4 is 33.9 Å². The van der Waals surface area contributed by atoms with Crippen molar-refractivity contribution in [3.63, 3.8) is 0 Å². The maximum Gasteiger partial charge on any atom is 0.272 e. The number of hydrogen-bond acceptors (Lipinski definition) is 5. The van der Waals surface area contributed by atoms with Gasteiger partial charge in [0.1, 0.15) is 10.7 Å². The summed E-state index contributed by atoms with van der Waals surface area (Å²) < 4.78 is 0. The minimum absolute atomic E-state index is 0.137. The molecule has 0 atom stereocenters. The molecule has 1 aromatic carbocycles. The van der Waals surface area contributed by atoms with Gasteiger partial charge in [0.2, 0.25) is 0 Å². The molecule has 21 heavy (non-hydrogen) atoms. The number of hydrogen-bond donors (Lipinski definition) is 1. The summed E-state index contributed by atoms with van der Waals surface area (Å²) in [5.74, 6) is 0.146. The van der Waals surface area contributed by atoms with Gasteiger partial charge in [-0.15, -0.1) is 0 Å². The van der Waals surface area contributed by atoms with Gasteiger partial charge in [0.05, 0.1) is 0 Å². The largest absolute Gasteiger partial charge is 0.382 e. The van der Waals surface area contributed by atoms with E-state index in [1.54, 1.807) is 11.9 Å². The first-order chi connectivity index (χ1) is 9.93. The van der Waals surface area contributed by atoms with Crippen LogP contribution >= 0.6 is 11.3 Å². The van der Waals surface area contributed by atoms with Crippen LogP contribution in [-0.2, 0) is 6.42 Å². The Hall–Kier alpha value is -2.08. The molecule has 0 unspecified atom stereocenters. The molecule has 5 nitrogen and oxygen atoms in total. The fourth-order valence-corrected chi connectivity index (χ4v) is 2.77. The van der Waals surface area contributed by atoms with Crippen molar-refractivity contribution in [2.24, 2.45) is 0 Å². The van der Waals surface area contributed by atoms with Crippen molar-refractivity contribution in [3.8, 4) is 0 Å². The van der Waals surface area contributed by atoms with E-state index in [2.05, 4.69) is 11.9 Å². The molecule has 2 aromatic rings. The molecule has 112 valence electrons. The molecular weight excluding hydrogens is 284 g/mol. The molecule has 1 amide bonds. The third kappa shape index (κ3) is 3.16. The van der Waals surface area contributed by atoms with Crippen molar-refractivity contribution in [1.29, 1.82) is 0 Å². The highest BCUT2D eigenvalue weighted by atomic mass is 32.1. The van der Waals surface area contributed by atoms with Gasteiger partial charge in [-0.05, 0) is 24.1 Å². The maximum absolute atomic E-state index is 12.6. The number of thiazole rings is 1. The van der Waals surface area contributed by atoms with Crippen LogP contribution in [0, 0.1) is 0 Å². The van der Waals surface area contributed by atoms with Gasteiger partial charge in [0.15, 0.2) is 5.13 Å². The maximum atomic E-state index is 12.6. The van der Waals surface area contributed by atoms with Crippen LogP contribution in [0.25, 0.3) is 0 Å². The highest BCUT2D eigenvalue weighted by Crippen LogP contribution is 2.29. The minimum atomic E-state index is -0.137. The number of carbonyl (C=O) groups excluding carboxylic acids is 1. The van der Waals surface area contributed by atoms with Crippen molar-refractivity contribution in [1.82, 2.24) is 4.98 Å². The van der Waals surface area contributed by atoms with E-state index in [-0.39, 0.29) is 11.7 Å². The van der Waals surface area contributed by atoms with Gasteiger partial charge < -0.3 is 15.5 Å². The van der Waals surface area contributed by atoms with Crippen molar-refractivity contribution < 1.29 is 4.79 Å². The zero-order chi connectivity index (χ0) is 15.6. The van der Waals surface area contributed by atoms with Gasteiger partial charge in [-0.2, -0.15) is 0 Å². The highest BCUT2D eigenvalue weighted by Gasteiger charge is 2.21. The van der Waals surface area contributed by atoms with Gasteiger partial charge in [-0.25, -0.2) is 4.98 Å². The average molecular weight is 304 g/mol. The van der Waals surface area contributed by atoms with Crippen LogP contribution < -0.4 is 15.5 Å². The monoisotopic (exact) mass is 304 g/mol. The molecule has 0 spiro atoms. The Labute approximate surface area is 129 Å². The lowest BCUT2D eigenvalue weighted by Crippen LogP contribution is -2.26. The number of nitrogen functional groups attached to an aromatic ring is 1. The summed E-state index contributed by atoms with van der Waals surface area (Å²) in [6, 6.07) is 7.95. The summed E-state index contributed by atoms with van der Waals surface area (Å²) in [4.78, 5) is 20.7. The normalized spacial score (nSPS) is 10.5. The Morgan fingerprint density at radius 3 is 2.33 bits per heavy atom. The van der Waals surface area contributed by atoms with Crippen molar-refractivity contribution in [2.75, 3.05) is 36.7 Å². The summed E-state index contributed by atoms with van der Waals surface area (Å²) in [5, 5.41) is 0.727. The van der Waals surface area contributed by atoms with E-state index in [1.165, 1.54) is 16.9 Å². The zero-order valence-corrected chi connectivity index (χ0v) is 13.6. The fourth-order valence-electron chi connectivity index (χ4n) is 1.89. The number of rotatable bonds is 4. The number of carbonyl (C=O) groups is 1. The van der Waals surface area contributed by atoms with Crippen molar-refractivity contribution in [2.45, 2.75) is 13.3 Å². The van der Waals surface area contributed by atoms with Gasteiger partial charge >= 0.3 is 0 Å². The molecule has 0 fully saturated rings. The van der Waals surface area contributed by atoms with Gasteiger partial charge in [-0.1, -0.05) is 30.4 Å². The van der Waals surface area contributed by atoms with Gasteiger partial charge in [0.25, 0.3) is 5.91 Å². The molecular formula is C15H20N4OS. The third-order valence-corrected chi connectivity index (χ3v) is 4.48. The van der Waals surface area contributed by atoms with Crippen LogP contribution in [0.5, 0.6) is 0 Å². The van der Waals surface area contributed by atoms with Gasteiger partial charge in [0, 0.05) is 26.8 Å². The summed E-state index contributed by atoms with van der Waals surface area (Å²) in [5.41, 5.74) is 7.95. The smallest absolute Gasteiger partial charge is 0.272 e. The van der Waals surface area contributed by atoms with Crippen LogP contribution in [-0.4, -0.2) is 32.0 Å². The lowest BCUT2D eigenvalue weighted by Gasteiger charge is -2.17. The molecule has 0 aliphatic carbocycles. The molecule has 0 radical (unpaired) electrons. The van der Waals surface area contributed by atoms with Crippen molar-refractivity contribution in [3.05, 3.63) is 34.7 Å². The Morgan fingerprint density at radius 1 is 1.24 bits per heavy atom. The summed E-state index contributed by atoms with van der Waals surface area (Å²) in [6.45, 7) is 2.10. The van der Waals surface area contributed by atoms with E-state index >= 15 is 0 Å². The molecule has 1 heterocycles. The van der Waals surface area contributed by atoms with Gasteiger partial charge in [-0.3, -0.25) is 4.79 Å². The molecule has 0 bridgehead atoms. The number of amides is 1. The zero-order valence-electron chi connectivity index (χ0n) is 12.8. The van der Waals surface area contributed by atoms with E-state index < -0.39 is 0 Å². The molecule has 0 saturated heterocycles. The second kappa shape index (κ2) is 6.13. The van der Waals surface area contributed by atoms with Crippen LogP contribution in [0.3, 0.4) is 0 Å². The SMILES string of the molecule is CCc1ccc(N(C)C(=O)c2sc(N(C)C)nc2N)cc1. The number of benzene rings is 1. The molecule has 1 aromatic heterocycles. The molecule has 6 heteroatoms. The molecule has 0 aliphatic rings. The van der Waals surface area contributed by atoms with E-state index in [4.69, 9.17) is 5.73 Å². The first kappa shape index (κ1) is 15.3. The predicted molar refractivity (Wildman–Crippen MR) is 89.4 cm³/mol. The summed E-state index contributed by atoms with van der Waals surface area (Å²) in [6.07, 6.45) is 0.978. The van der Waals surface area contributed by atoms with E-state index in [0.29, 0.717) is 4.88 Å². The molecule has 2 N–H and O–H groups in total. The van der Waals surface area contributed by atoms with E-state index in [1.807, 2.05) is 43.3 Å².